The fourth-order valence-electron chi connectivity index (χ4n) is 1.35. The first kappa shape index (κ1) is 12.6. The van der Waals surface area contributed by atoms with Gasteiger partial charge in [0.25, 0.3) is 0 Å². The number of aromatic nitrogens is 2. The average Bonchev–Trinajstić information content (AvgIpc) is 2.21. The molecule has 1 aromatic carbocycles. The zero-order chi connectivity index (χ0) is 12.4. The number of hydrogen-bond acceptors (Lipinski definition) is 2. The van der Waals surface area contributed by atoms with Crippen LogP contribution in [-0.2, 0) is 6.42 Å². The van der Waals surface area contributed by atoms with Crippen LogP contribution in [0.2, 0.25) is 0 Å². The van der Waals surface area contributed by atoms with Crippen molar-refractivity contribution in [3.05, 3.63) is 56.5 Å². The van der Waals surface area contributed by atoms with E-state index in [0.29, 0.717) is 20.6 Å². The SMILES string of the molecule is Fc1ccc(Cc2nc(Br)cc(Br)n2)c(F)c1. The Balaban J connectivity index is 2.31. The molecule has 0 fully saturated rings. The topological polar surface area (TPSA) is 25.8 Å². The van der Waals surface area contributed by atoms with Gasteiger partial charge in [0.2, 0.25) is 0 Å². The Hall–Kier alpha value is -0.880. The molecule has 1 heterocycles. The lowest BCUT2D eigenvalue weighted by atomic mass is 10.1. The zero-order valence-electron chi connectivity index (χ0n) is 8.42. The Morgan fingerprint density at radius 3 is 2.24 bits per heavy atom. The van der Waals surface area contributed by atoms with E-state index in [0.717, 1.165) is 6.07 Å². The lowest BCUT2D eigenvalue weighted by Crippen LogP contribution is -2.00. The summed E-state index contributed by atoms with van der Waals surface area (Å²) in [5.41, 5.74) is 0.358. The minimum absolute atomic E-state index is 0.212. The van der Waals surface area contributed by atoms with Crippen LogP contribution in [-0.4, -0.2) is 9.97 Å². The third-order valence-corrected chi connectivity index (χ3v) is 2.89. The summed E-state index contributed by atoms with van der Waals surface area (Å²) in [7, 11) is 0. The quantitative estimate of drug-likeness (QED) is 0.757. The molecule has 0 amide bonds. The van der Waals surface area contributed by atoms with Crippen molar-refractivity contribution in [3.8, 4) is 0 Å². The largest absolute Gasteiger partial charge is 0.226 e. The molecule has 0 N–H and O–H groups in total. The van der Waals surface area contributed by atoms with Crippen molar-refractivity contribution < 1.29 is 8.78 Å². The van der Waals surface area contributed by atoms with E-state index in [-0.39, 0.29) is 6.42 Å². The maximum absolute atomic E-state index is 13.4. The molecule has 88 valence electrons. The molecule has 1 aromatic heterocycles. The van der Waals surface area contributed by atoms with Crippen LogP contribution >= 0.6 is 31.9 Å². The van der Waals surface area contributed by atoms with Crippen LogP contribution in [0.5, 0.6) is 0 Å². The Kier molecular flexibility index (Phi) is 3.83. The molecule has 0 saturated heterocycles. The Morgan fingerprint density at radius 2 is 1.65 bits per heavy atom. The van der Waals surface area contributed by atoms with Gasteiger partial charge in [-0.15, -0.1) is 0 Å². The standard InChI is InChI=1S/C11H6Br2F2N2/c12-9-5-10(13)17-11(16-9)3-6-1-2-7(14)4-8(6)15/h1-2,4-5H,3H2. The average molecular weight is 364 g/mol. The molecule has 0 radical (unpaired) electrons. The normalized spacial score (nSPS) is 10.6. The highest BCUT2D eigenvalue weighted by Crippen LogP contribution is 2.17. The Bertz CT molecular complexity index is 541. The highest BCUT2D eigenvalue weighted by atomic mass is 79.9. The fraction of sp³-hybridized carbons (Fsp3) is 0.0909. The second-order valence-electron chi connectivity index (χ2n) is 3.34. The number of nitrogens with zero attached hydrogens (tertiary/aromatic N) is 2. The van der Waals surface area contributed by atoms with Crippen molar-refractivity contribution in [3.63, 3.8) is 0 Å². The van der Waals surface area contributed by atoms with Crippen molar-refractivity contribution in [1.29, 1.82) is 0 Å². The van der Waals surface area contributed by atoms with E-state index in [1.807, 2.05) is 0 Å². The third-order valence-electron chi connectivity index (χ3n) is 2.07. The van der Waals surface area contributed by atoms with Crippen LogP contribution in [0.3, 0.4) is 0 Å². The van der Waals surface area contributed by atoms with Gasteiger partial charge in [-0.25, -0.2) is 18.7 Å². The summed E-state index contributed by atoms with van der Waals surface area (Å²) in [5.74, 6) is -0.732. The number of benzene rings is 1. The maximum atomic E-state index is 13.4. The first-order valence-electron chi connectivity index (χ1n) is 4.67. The first-order chi connectivity index (χ1) is 8.04. The third kappa shape index (κ3) is 3.29. The first-order valence-corrected chi connectivity index (χ1v) is 6.26. The van der Waals surface area contributed by atoms with Gasteiger partial charge in [0.05, 0.1) is 0 Å². The van der Waals surface area contributed by atoms with E-state index in [4.69, 9.17) is 0 Å². The fourth-order valence-corrected chi connectivity index (χ4v) is 2.50. The van der Waals surface area contributed by atoms with Gasteiger partial charge in [-0.3, -0.25) is 0 Å². The molecule has 0 saturated carbocycles. The van der Waals surface area contributed by atoms with E-state index in [9.17, 15) is 8.78 Å². The van der Waals surface area contributed by atoms with Crippen molar-refractivity contribution in [2.24, 2.45) is 0 Å². The highest BCUT2D eigenvalue weighted by molar-refractivity contribution is 9.11. The molecular weight excluding hydrogens is 358 g/mol. The molecule has 2 nitrogen and oxygen atoms in total. The minimum Gasteiger partial charge on any atom is -0.226 e. The van der Waals surface area contributed by atoms with Gasteiger partial charge in [-0.1, -0.05) is 6.07 Å². The molecule has 2 rings (SSSR count). The molecule has 6 heteroatoms. The van der Waals surface area contributed by atoms with Crippen molar-refractivity contribution >= 4 is 31.9 Å². The van der Waals surface area contributed by atoms with Crippen LogP contribution in [0.4, 0.5) is 8.78 Å². The van der Waals surface area contributed by atoms with Gasteiger partial charge in [0, 0.05) is 18.6 Å². The molecular formula is C11H6Br2F2N2. The van der Waals surface area contributed by atoms with Crippen LogP contribution in [0.15, 0.2) is 33.5 Å². The summed E-state index contributed by atoms with van der Waals surface area (Å²) in [6.07, 6.45) is 0.212. The maximum Gasteiger partial charge on any atom is 0.135 e. The van der Waals surface area contributed by atoms with Gasteiger partial charge >= 0.3 is 0 Å². The van der Waals surface area contributed by atoms with E-state index in [2.05, 4.69) is 41.8 Å². The smallest absolute Gasteiger partial charge is 0.135 e. The molecule has 0 aliphatic heterocycles. The summed E-state index contributed by atoms with van der Waals surface area (Å²) >= 11 is 6.44. The minimum atomic E-state index is -0.595. The van der Waals surface area contributed by atoms with Crippen molar-refractivity contribution in [2.45, 2.75) is 6.42 Å². The summed E-state index contributed by atoms with van der Waals surface area (Å²) in [6.45, 7) is 0. The molecule has 0 spiro atoms. The van der Waals surface area contributed by atoms with E-state index < -0.39 is 11.6 Å². The van der Waals surface area contributed by atoms with Crippen LogP contribution < -0.4 is 0 Å². The highest BCUT2D eigenvalue weighted by Gasteiger charge is 2.08. The molecule has 2 aromatic rings. The molecule has 17 heavy (non-hydrogen) atoms. The molecule has 0 bridgehead atoms. The molecule has 0 aliphatic carbocycles. The van der Waals surface area contributed by atoms with Crippen LogP contribution in [0.25, 0.3) is 0 Å². The van der Waals surface area contributed by atoms with E-state index in [1.54, 1.807) is 6.07 Å². The Labute approximate surface area is 113 Å². The second kappa shape index (κ2) is 5.18. The number of hydrogen-bond donors (Lipinski definition) is 0. The van der Waals surface area contributed by atoms with Gasteiger partial charge < -0.3 is 0 Å². The summed E-state index contributed by atoms with van der Waals surface area (Å²) in [6, 6.07) is 5.14. The second-order valence-corrected chi connectivity index (χ2v) is 4.97. The van der Waals surface area contributed by atoms with Gasteiger partial charge in [0.15, 0.2) is 0 Å². The number of halogens is 4. The number of rotatable bonds is 2. The van der Waals surface area contributed by atoms with E-state index in [1.165, 1.54) is 12.1 Å². The van der Waals surface area contributed by atoms with Crippen molar-refractivity contribution in [2.75, 3.05) is 0 Å². The van der Waals surface area contributed by atoms with Crippen LogP contribution in [0.1, 0.15) is 11.4 Å². The molecule has 0 atom stereocenters. The van der Waals surface area contributed by atoms with E-state index >= 15 is 0 Å². The molecule has 0 aliphatic rings. The monoisotopic (exact) mass is 362 g/mol. The van der Waals surface area contributed by atoms with Gasteiger partial charge in [0.1, 0.15) is 26.7 Å². The summed E-state index contributed by atoms with van der Waals surface area (Å²) in [4.78, 5) is 8.22. The lowest BCUT2D eigenvalue weighted by molar-refractivity contribution is 0.573. The van der Waals surface area contributed by atoms with Gasteiger partial charge in [-0.2, -0.15) is 0 Å². The summed E-state index contributed by atoms with van der Waals surface area (Å²) < 4.78 is 27.4. The van der Waals surface area contributed by atoms with Crippen molar-refractivity contribution in [1.82, 2.24) is 9.97 Å². The summed E-state index contributed by atoms with van der Waals surface area (Å²) in [5, 5.41) is 0. The lowest BCUT2D eigenvalue weighted by Gasteiger charge is -2.03. The molecule has 0 unspecified atom stereocenters. The zero-order valence-corrected chi connectivity index (χ0v) is 11.6. The predicted octanol–water partition coefficient (Wildman–Crippen LogP) is 3.87. The van der Waals surface area contributed by atoms with Gasteiger partial charge in [-0.05, 0) is 43.5 Å². The van der Waals surface area contributed by atoms with Crippen LogP contribution in [0, 0.1) is 11.6 Å². The predicted molar refractivity (Wildman–Crippen MR) is 66.6 cm³/mol. The Morgan fingerprint density at radius 1 is 1.00 bits per heavy atom.